The van der Waals surface area contributed by atoms with Crippen LogP contribution in [0.25, 0.3) is 11.1 Å². The number of halogens is 1. The molecule has 1 saturated heterocycles. The second-order valence-corrected chi connectivity index (χ2v) is 8.39. The minimum absolute atomic E-state index is 0.104. The van der Waals surface area contributed by atoms with Crippen LogP contribution in [0, 0.1) is 6.92 Å². The second-order valence-electron chi connectivity index (χ2n) is 6.08. The van der Waals surface area contributed by atoms with Crippen LogP contribution in [0.4, 0.5) is 5.95 Å². The Morgan fingerprint density at radius 1 is 1.20 bits per heavy atom. The molecule has 7 nitrogen and oxygen atoms in total. The smallest absolute Gasteiger partial charge is 0.244 e. The van der Waals surface area contributed by atoms with Gasteiger partial charge >= 0.3 is 0 Å². The van der Waals surface area contributed by atoms with E-state index < -0.39 is 10.0 Å². The lowest BCUT2D eigenvalue weighted by molar-refractivity contribution is 0.222. The van der Waals surface area contributed by atoms with E-state index in [1.807, 2.05) is 7.05 Å². The molecule has 2 heterocycles. The molecule has 25 heavy (non-hydrogen) atoms. The standard InChI is InChI=1S/C16H20ClN5O2S/c1-11-13(10-19-16(18)20-11)12-3-4-14(17)15(9-12)25(23,24)22-7-5-21(2)6-8-22/h3-4,9-10H,5-8H2,1-2H3,(H2,18,19,20). The van der Waals surface area contributed by atoms with Crippen molar-refractivity contribution in [3.05, 3.63) is 35.1 Å². The third-order valence-electron chi connectivity index (χ3n) is 4.32. The van der Waals surface area contributed by atoms with Gasteiger partial charge in [-0.2, -0.15) is 4.31 Å². The fourth-order valence-electron chi connectivity index (χ4n) is 2.80. The zero-order valence-electron chi connectivity index (χ0n) is 14.1. The predicted octanol–water partition coefficient (Wildman–Crippen LogP) is 1.62. The van der Waals surface area contributed by atoms with Gasteiger partial charge in [-0.15, -0.1) is 0 Å². The summed E-state index contributed by atoms with van der Waals surface area (Å²) in [5.41, 5.74) is 7.68. The summed E-state index contributed by atoms with van der Waals surface area (Å²) in [4.78, 5) is 10.3. The van der Waals surface area contributed by atoms with E-state index in [0.717, 1.165) is 5.56 Å². The summed E-state index contributed by atoms with van der Waals surface area (Å²) in [5.74, 6) is 0.181. The molecule has 0 bridgehead atoms. The maximum Gasteiger partial charge on any atom is 0.244 e. The van der Waals surface area contributed by atoms with E-state index in [-0.39, 0.29) is 15.9 Å². The Morgan fingerprint density at radius 2 is 1.88 bits per heavy atom. The van der Waals surface area contributed by atoms with Gasteiger partial charge in [0.15, 0.2) is 0 Å². The number of aryl methyl sites for hydroxylation is 1. The SMILES string of the molecule is Cc1nc(N)ncc1-c1ccc(Cl)c(S(=O)(=O)N2CCN(C)CC2)c1. The predicted molar refractivity (Wildman–Crippen MR) is 97.9 cm³/mol. The molecule has 0 aliphatic carbocycles. The molecule has 3 rings (SSSR count). The van der Waals surface area contributed by atoms with Crippen molar-refractivity contribution in [2.24, 2.45) is 0 Å². The molecule has 1 fully saturated rings. The van der Waals surface area contributed by atoms with Crippen molar-refractivity contribution in [2.75, 3.05) is 39.0 Å². The van der Waals surface area contributed by atoms with E-state index >= 15 is 0 Å². The maximum atomic E-state index is 13.0. The topological polar surface area (TPSA) is 92.4 Å². The molecular weight excluding hydrogens is 362 g/mol. The molecule has 0 radical (unpaired) electrons. The lowest BCUT2D eigenvalue weighted by atomic mass is 10.1. The molecule has 134 valence electrons. The molecule has 0 atom stereocenters. The highest BCUT2D eigenvalue weighted by Crippen LogP contribution is 2.31. The van der Waals surface area contributed by atoms with E-state index in [9.17, 15) is 8.42 Å². The van der Waals surface area contributed by atoms with Gasteiger partial charge in [-0.05, 0) is 31.7 Å². The van der Waals surface area contributed by atoms with Gasteiger partial charge in [0.1, 0.15) is 4.90 Å². The number of nitrogens with zero attached hydrogens (tertiary/aromatic N) is 4. The van der Waals surface area contributed by atoms with Crippen LogP contribution in [0.3, 0.4) is 0 Å². The summed E-state index contributed by atoms with van der Waals surface area (Å²) >= 11 is 6.21. The Kier molecular flexibility index (Phi) is 4.97. The lowest BCUT2D eigenvalue weighted by Crippen LogP contribution is -2.47. The van der Waals surface area contributed by atoms with Crippen molar-refractivity contribution in [1.29, 1.82) is 0 Å². The zero-order valence-corrected chi connectivity index (χ0v) is 15.7. The van der Waals surface area contributed by atoms with Crippen molar-refractivity contribution >= 4 is 27.6 Å². The van der Waals surface area contributed by atoms with Gasteiger partial charge < -0.3 is 10.6 Å². The number of hydrogen-bond donors (Lipinski definition) is 1. The molecule has 0 unspecified atom stereocenters. The van der Waals surface area contributed by atoms with E-state index in [1.54, 1.807) is 31.3 Å². The zero-order chi connectivity index (χ0) is 18.2. The molecule has 1 aliphatic heterocycles. The number of sulfonamides is 1. The van der Waals surface area contributed by atoms with Gasteiger partial charge in [-0.25, -0.2) is 18.4 Å². The minimum atomic E-state index is -3.66. The molecule has 0 saturated carbocycles. The van der Waals surface area contributed by atoms with Crippen LogP contribution in [-0.4, -0.2) is 60.8 Å². The molecule has 0 spiro atoms. The molecule has 1 aromatic heterocycles. The van der Waals surface area contributed by atoms with Crippen LogP contribution in [0.1, 0.15) is 5.69 Å². The third-order valence-corrected chi connectivity index (χ3v) is 6.70. The van der Waals surface area contributed by atoms with Crippen LogP contribution >= 0.6 is 11.6 Å². The Morgan fingerprint density at radius 3 is 2.52 bits per heavy atom. The molecule has 9 heteroatoms. The number of rotatable bonds is 3. The monoisotopic (exact) mass is 381 g/mol. The van der Waals surface area contributed by atoms with E-state index in [1.165, 1.54) is 4.31 Å². The number of benzene rings is 1. The molecular formula is C16H20ClN5O2S. The average Bonchev–Trinajstić information content (AvgIpc) is 2.56. The Balaban J connectivity index is 2.02. The highest BCUT2D eigenvalue weighted by molar-refractivity contribution is 7.89. The van der Waals surface area contributed by atoms with E-state index in [4.69, 9.17) is 17.3 Å². The number of anilines is 1. The van der Waals surface area contributed by atoms with Crippen molar-refractivity contribution in [3.8, 4) is 11.1 Å². The molecule has 2 N–H and O–H groups in total. The van der Waals surface area contributed by atoms with Gasteiger partial charge in [0, 0.05) is 37.9 Å². The fraction of sp³-hybridized carbons (Fsp3) is 0.375. The summed E-state index contributed by atoms with van der Waals surface area (Å²) in [6, 6.07) is 4.93. The van der Waals surface area contributed by atoms with Crippen molar-refractivity contribution in [1.82, 2.24) is 19.2 Å². The van der Waals surface area contributed by atoms with Crippen LogP contribution in [0.2, 0.25) is 5.02 Å². The third kappa shape index (κ3) is 3.62. The first-order chi connectivity index (χ1) is 11.8. The van der Waals surface area contributed by atoms with Gasteiger partial charge in [-0.3, -0.25) is 0 Å². The van der Waals surface area contributed by atoms with Gasteiger partial charge in [0.25, 0.3) is 0 Å². The van der Waals surface area contributed by atoms with E-state index in [2.05, 4.69) is 14.9 Å². The summed E-state index contributed by atoms with van der Waals surface area (Å²) in [6.45, 7) is 4.09. The number of nitrogen functional groups attached to an aromatic ring is 1. The highest BCUT2D eigenvalue weighted by atomic mass is 35.5. The van der Waals surface area contributed by atoms with Gasteiger partial charge in [-0.1, -0.05) is 17.7 Å². The summed E-state index contributed by atoms with van der Waals surface area (Å²) in [7, 11) is -1.68. The normalized spacial score (nSPS) is 16.9. The number of likely N-dealkylation sites (N-methyl/N-ethyl adjacent to an activating group) is 1. The molecule has 1 aromatic carbocycles. The Labute approximate surface area is 152 Å². The largest absolute Gasteiger partial charge is 0.368 e. The maximum absolute atomic E-state index is 13.0. The average molecular weight is 382 g/mol. The lowest BCUT2D eigenvalue weighted by Gasteiger charge is -2.31. The van der Waals surface area contributed by atoms with Crippen molar-refractivity contribution in [2.45, 2.75) is 11.8 Å². The molecule has 2 aromatic rings. The summed E-state index contributed by atoms with van der Waals surface area (Å²) < 4.78 is 27.5. The van der Waals surface area contributed by atoms with Gasteiger partial charge in [0.05, 0.1) is 10.7 Å². The first-order valence-corrected chi connectivity index (χ1v) is 9.68. The Hall–Kier alpha value is -1.74. The Bertz CT molecular complexity index is 895. The van der Waals surface area contributed by atoms with Crippen molar-refractivity contribution in [3.63, 3.8) is 0 Å². The van der Waals surface area contributed by atoms with Crippen LogP contribution in [0.5, 0.6) is 0 Å². The fourth-order valence-corrected chi connectivity index (χ4v) is 4.73. The van der Waals surface area contributed by atoms with Crippen LogP contribution in [0.15, 0.2) is 29.3 Å². The minimum Gasteiger partial charge on any atom is -0.368 e. The van der Waals surface area contributed by atoms with Gasteiger partial charge in [0.2, 0.25) is 16.0 Å². The first kappa shape index (κ1) is 18.1. The van der Waals surface area contributed by atoms with Crippen LogP contribution < -0.4 is 5.73 Å². The number of hydrogen-bond acceptors (Lipinski definition) is 6. The van der Waals surface area contributed by atoms with Crippen molar-refractivity contribution < 1.29 is 8.42 Å². The number of nitrogens with two attached hydrogens (primary N) is 1. The molecule has 0 amide bonds. The summed E-state index contributed by atoms with van der Waals surface area (Å²) in [6.07, 6.45) is 1.59. The van der Waals surface area contributed by atoms with Crippen LogP contribution in [-0.2, 0) is 10.0 Å². The second kappa shape index (κ2) is 6.87. The highest BCUT2D eigenvalue weighted by Gasteiger charge is 2.29. The van der Waals surface area contributed by atoms with E-state index in [0.29, 0.717) is 37.4 Å². The summed E-state index contributed by atoms with van der Waals surface area (Å²) in [5, 5.41) is 0.205. The number of aromatic nitrogens is 2. The molecule has 1 aliphatic rings. The first-order valence-electron chi connectivity index (χ1n) is 7.87. The number of piperazine rings is 1. The quantitative estimate of drug-likeness (QED) is 0.868.